The molecule has 0 saturated carbocycles. The van der Waals surface area contributed by atoms with Crippen LogP contribution >= 0.6 is 0 Å². The maximum atomic E-state index is 11.9. The van der Waals surface area contributed by atoms with Crippen LogP contribution in [0.3, 0.4) is 0 Å². The fourth-order valence-electron chi connectivity index (χ4n) is 2.49. The van der Waals surface area contributed by atoms with Gasteiger partial charge in [-0.2, -0.15) is 4.91 Å². The zero-order chi connectivity index (χ0) is 19.3. The van der Waals surface area contributed by atoms with Crippen LogP contribution in [-0.4, -0.2) is 46.0 Å². The van der Waals surface area contributed by atoms with Crippen LogP contribution in [0, 0.1) is 9.81 Å². The largest absolute Gasteiger partial charge is 0.570 e. The van der Waals surface area contributed by atoms with E-state index in [1.54, 1.807) is 6.07 Å². The summed E-state index contributed by atoms with van der Waals surface area (Å²) >= 11 is 0. The van der Waals surface area contributed by atoms with Crippen molar-refractivity contribution >= 4 is 28.9 Å². The Balaban J connectivity index is 2.10. The third-order valence-corrected chi connectivity index (χ3v) is 4.33. The summed E-state index contributed by atoms with van der Waals surface area (Å²) in [7, 11) is -4.72. The fourth-order valence-corrected chi connectivity index (χ4v) is 2.96. The molecule has 138 valence electrons. The smallest absolute Gasteiger partial charge is 0.536 e. The fraction of sp³-hybridized carbons (Fsp3) is 0.385. The van der Waals surface area contributed by atoms with Crippen molar-refractivity contribution in [1.29, 1.82) is 0 Å². The number of sulfonamides is 1. The second-order valence-electron chi connectivity index (χ2n) is 5.60. The molecule has 0 bridgehead atoms. The highest BCUT2D eigenvalue weighted by atomic mass is 32.2. The summed E-state index contributed by atoms with van der Waals surface area (Å²) in [5, 5.41) is 7.69. The molecule has 1 aliphatic heterocycles. The number of nitroso groups, excluding NO2 is 2. The Kier molecular flexibility index (Phi) is 6.16. The quantitative estimate of drug-likeness (QED) is 0.485. The van der Waals surface area contributed by atoms with Gasteiger partial charge in [0.2, 0.25) is 15.9 Å². The molecule has 0 aromatic heterocycles. The number of nitrogens with one attached hydrogen (secondary N) is 2. The van der Waals surface area contributed by atoms with Gasteiger partial charge in [0.25, 0.3) is 0 Å². The second kappa shape index (κ2) is 8.14. The number of benzene rings is 1. The van der Waals surface area contributed by atoms with Crippen LogP contribution < -0.4 is 14.7 Å². The second-order valence-corrected chi connectivity index (χ2v) is 7.43. The third-order valence-electron chi connectivity index (χ3n) is 3.60. The molecule has 2 rings (SSSR count). The number of hydrogen-bond donors (Lipinski definition) is 2. The maximum absolute atomic E-state index is 11.9. The van der Waals surface area contributed by atoms with Crippen molar-refractivity contribution in [3.63, 3.8) is 0 Å². The maximum Gasteiger partial charge on any atom is 0.570 e. The number of nitrogens with zero attached hydrogens (tertiary/aromatic N) is 2. The van der Waals surface area contributed by atoms with E-state index in [2.05, 4.69) is 20.3 Å². The highest BCUT2D eigenvalue weighted by Crippen LogP contribution is 2.31. The number of rotatable bonds is 7. The molecule has 0 spiro atoms. The molecule has 0 fully saturated rings. The molecule has 1 aromatic carbocycles. The number of carbonyl (C=O) groups excluding carboxylic acids is 2. The van der Waals surface area contributed by atoms with E-state index in [0.717, 1.165) is 6.26 Å². The summed E-state index contributed by atoms with van der Waals surface area (Å²) in [5.41, 5.74) is 0.409. The minimum absolute atomic E-state index is 0.0333. The molecule has 1 aliphatic rings. The molecular weight excluding hydrogens is 367 g/mol. The highest BCUT2D eigenvalue weighted by Gasteiger charge is 2.40. The minimum atomic E-state index is -3.41. The van der Waals surface area contributed by atoms with Gasteiger partial charge in [0.05, 0.1) is 17.8 Å². The number of carbonyl (C=O) groups is 2. The Bertz CT molecular complexity index is 845. The van der Waals surface area contributed by atoms with Crippen molar-refractivity contribution in [2.24, 2.45) is 10.3 Å². The molecule has 1 heterocycles. The summed E-state index contributed by atoms with van der Waals surface area (Å²) in [6.45, 7) is -0.0995. The Labute approximate surface area is 149 Å². The Morgan fingerprint density at radius 1 is 1.35 bits per heavy atom. The van der Waals surface area contributed by atoms with Crippen LogP contribution in [0.1, 0.15) is 22.3 Å². The normalized spacial score (nSPS) is 16.2. The van der Waals surface area contributed by atoms with E-state index >= 15 is 0 Å². The molecule has 0 saturated heterocycles. The molecule has 1 atom stereocenters. The lowest BCUT2D eigenvalue weighted by atomic mass is 9.68. The minimum Gasteiger partial charge on any atom is -0.536 e. The van der Waals surface area contributed by atoms with Crippen molar-refractivity contribution in [3.8, 4) is 5.75 Å². The Hall–Kier alpha value is -2.67. The molecule has 2 N–H and O–H groups in total. The van der Waals surface area contributed by atoms with Gasteiger partial charge in [-0.25, -0.2) is 13.1 Å². The van der Waals surface area contributed by atoms with E-state index in [1.165, 1.54) is 12.1 Å². The summed E-state index contributed by atoms with van der Waals surface area (Å²) in [6.07, 6.45) is 0.961. The van der Waals surface area contributed by atoms with E-state index in [-0.39, 0.29) is 30.7 Å². The molecule has 13 heteroatoms. The van der Waals surface area contributed by atoms with Crippen molar-refractivity contribution in [3.05, 3.63) is 39.1 Å². The van der Waals surface area contributed by atoms with Crippen molar-refractivity contribution < 1.29 is 22.7 Å². The first kappa shape index (κ1) is 19.7. The lowest BCUT2D eigenvalue weighted by Crippen LogP contribution is -2.52. The molecule has 0 unspecified atom stereocenters. The molecule has 0 aliphatic carbocycles. The van der Waals surface area contributed by atoms with Gasteiger partial charge >= 0.3 is 13.0 Å². The van der Waals surface area contributed by atoms with Gasteiger partial charge < -0.3 is 9.97 Å². The molecule has 11 nitrogen and oxygen atoms in total. The molecule has 2 amide bonds. The van der Waals surface area contributed by atoms with E-state index in [1.807, 2.05) is 0 Å². The van der Waals surface area contributed by atoms with Gasteiger partial charge in [-0.05, 0) is 18.1 Å². The Morgan fingerprint density at radius 3 is 2.69 bits per heavy atom. The first-order valence-corrected chi connectivity index (χ1v) is 9.37. The third kappa shape index (κ3) is 4.92. The zero-order valence-electron chi connectivity index (χ0n) is 13.7. The summed E-state index contributed by atoms with van der Waals surface area (Å²) < 4.78 is 29.5. The van der Waals surface area contributed by atoms with Gasteiger partial charge in [-0.15, -0.1) is 4.91 Å². The van der Waals surface area contributed by atoms with Crippen LogP contribution in [0.25, 0.3) is 0 Å². The predicted molar refractivity (Wildman–Crippen MR) is 91.8 cm³/mol. The monoisotopic (exact) mass is 382 g/mol. The van der Waals surface area contributed by atoms with E-state index in [0.29, 0.717) is 5.56 Å². The standard InChI is InChI=1S/C13H15BN4O7S/c1-26(23,24)15-6-5-11(19)16-10-7-8-3-2-4-9(13(20)17-21)12(8)25-14(10)18-22/h2-4,10,15H,5-7H2,1H3,(H,16,19)/t10-/m0/s1. The lowest BCUT2D eigenvalue weighted by Gasteiger charge is -2.28. The van der Waals surface area contributed by atoms with Crippen LogP contribution in [0.15, 0.2) is 28.5 Å². The van der Waals surface area contributed by atoms with Crippen molar-refractivity contribution in [1.82, 2.24) is 10.0 Å². The Morgan fingerprint density at radius 2 is 2.08 bits per heavy atom. The molecular formula is C13H15BN4O7S. The first-order valence-electron chi connectivity index (χ1n) is 7.48. The average molecular weight is 382 g/mol. The van der Waals surface area contributed by atoms with Crippen molar-refractivity contribution in [2.75, 3.05) is 12.8 Å². The van der Waals surface area contributed by atoms with E-state index in [4.69, 9.17) is 4.65 Å². The first-order chi connectivity index (χ1) is 12.2. The van der Waals surface area contributed by atoms with Gasteiger partial charge in [-0.1, -0.05) is 17.2 Å². The highest BCUT2D eigenvalue weighted by molar-refractivity contribution is 7.88. The SMILES string of the molecule is CS(=O)(=O)NCCC(=O)N[C@H]1Cc2cccc(C(=O)N=O)c2OB1N=O. The lowest BCUT2D eigenvalue weighted by molar-refractivity contribution is -0.121. The number of hydrogen-bond acceptors (Lipinski definition) is 8. The van der Waals surface area contributed by atoms with Gasteiger partial charge in [-0.3, -0.25) is 9.59 Å². The molecule has 0 radical (unpaired) electrons. The number of amides is 2. The van der Waals surface area contributed by atoms with Crippen LogP contribution in [0.2, 0.25) is 0 Å². The van der Waals surface area contributed by atoms with Crippen LogP contribution in [0.5, 0.6) is 5.75 Å². The zero-order valence-corrected chi connectivity index (χ0v) is 14.5. The summed E-state index contributed by atoms with van der Waals surface area (Å²) in [6, 6.07) is 4.46. The summed E-state index contributed by atoms with van der Waals surface area (Å²) in [4.78, 5) is 45.0. The van der Waals surface area contributed by atoms with Gasteiger partial charge in [0.15, 0.2) is 0 Å². The number of fused-ring (bicyclic) bond motifs is 1. The average Bonchev–Trinajstić information content (AvgIpc) is 2.58. The van der Waals surface area contributed by atoms with Gasteiger partial charge in [0, 0.05) is 18.1 Å². The number of para-hydroxylation sites is 1. The van der Waals surface area contributed by atoms with Gasteiger partial charge in [0.1, 0.15) is 5.75 Å². The topological polar surface area (TPSA) is 160 Å². The molecule has 1 aromatic rings. The van der Waals surface area contributed by atoms with E-state index in [9.17, 15) is 27.8 Å². The van der Waals surface area contributed by atoms with Crippen LogP contribution in [0.4, 0.5) is 0 Å². The van der Waals surface area contributed by atoms with Crippen LogP contribution in [-0.2, 0) is 21.2 Å². The predicted octanol–water partition coefficient (Wildman–Crippen LogP) is -0.254. The summed E-state index contributed by atoms with van der Waals surface area (Å²) in [5.74, 6) is -2.32. The van der Waals surface area contributed by atoms with E-state index < -0.39 is 34.8 Å². The molecule has 26 heavy (non-hydrogen) atoms. The van der Waals surface area contributed by atoms with Crippen molar-refractivity contribution in [2.45, 2.75) is 18.8 Å².